The van der Waals surface area contributed by atoms with Crippen LogP contribution in [0, 0.1) is 6.92 Å². The van der Waals surface area contributed by atoms with Gasteiger partial charge in [0.1, 0.15) is 6.04 Å². The molecule has 6 nitrogen and oxygen atoms in total. The van der Waals surface area contributed by atoms with Gasteiger partial charge in [-0.1, -0.05) is 24.4 Å². The summed E-state index contributed by atoms with van der Waals surface area (Å²) < 4.78 is 5.29. The maximum Gasteiger partial charge on any atom is 0.318 e. The van der Waals surface area contributed by atoms with E-state index in [4.69, 9.17) is 4.52 Å². The Labute approximate surface area is 125 Å². The lowest BCUT2D eigenvalue weighted by Gasteiger charge is -2.35. The molecule has 3 rings (SSSR count). The van der Waals surface area contributed by atoms with E-state index in [1.807, 2.05) is 11.8 Å². The Kier molecular flexibility index (Phi) is 4.41. The van der Waals surface area contributed by atoms with E-state index in [-0.39, 0.29) is 12.1 Å². The monoisotopic (exact) mass is 292 g/mol. The Morgan fingerprint density at radius 1 is 1.19 bits per heavy atom. The molecule has 0 unspecified atom stereocenters. The standard InChI is InChI=1S/C15H24N4O2/c1-11-16-14(21-18-11)13-9-5-6-10-19(13)15(20)17-12-7-3-2-4-8-12/h12-13H,2-10H2,1H3,(H,17,20)/t13-/m0/s1. The number of aryl methyl sites for hydroxylation is 1. The minimum absolute atomic E-state index is 0.0300. The molecule has 21 heavy (non-hydrogen) atoms. The number of carbonyl (C=O) groups excluding carboxylic acids is 1. The maximum absolute atomic E-state index is 12.6. The van der Waals surface area contributed by atoms with Crippen LogP contribution in [0.1, 0.15) is 69.1 Å². The fourth-order valence-corrected chi connectivity index (χ4v) is 3.38. The molecule has 6 heteroatoms. The number of hydrogen-bond donors (Lipinski definition) is 1. The van der Waals surface area contributed by atoms with Crippen LogP contribution in [0.25, 0.3) is 0 Å². The Bertz CT molecular complexity index is 482. The van der Waals surface area contributed by atoms with Gasteiger partial charge in [0, 0.05) is 12.6 Å². The third-order valence-corrected chi connectivity index (χ3v) is 4.52. The minimum atomic E-state index is -0.0662. The number of piperidine rings is 1. The van der Waals surface area contributed by atoms with Crippen LogP contribution in [-0.4, -0.2) is 33.7 Å². The van der Waals surface area contributed by atoms with E-state index in [2.05, 4.69) is 15.5 Å². The second kappa shape index (κ2) is 6.45. The molecule has 1 saturated carbocycles. The van der Waals surface area contributed by atoms with Gasteiger partial charge >= 0.3 is 6.03 Å². The number of likely N-dealkylation sites (tertiary alicyclic amines) is 1. The van der Waals surface area contributed by atoms with Crippen LogP contribution in [0.4, 0.5) is 4.79 Å². The number of carbonyl (C=O) groups is 1. The predicted molar refractivity (Wildman–Crippen MR) is 77.7 cm³/mol. The van der Waals surface area contributed by atoms with Gasteiger partial charge in [0.15, 0.2) is 5.82 Å². The van der Waals surface area contributed by atoms with Crippen LogP contribution in [0.5, 0.6) is 0 Å². The summed E-state index contributed by atoms with van der Waals surface area (Å²) in [7, 11) is 0. The molecule has 2 aliphatic rings. The van der Waals surface area contributed by atoms with Crippen LogP contribution < -0.4 is 5.32 Å². The Morgan fingerprint density at radius 2 is 1.95 bits per heavy atom. The molecule has 2 amide bonds. The molecule has 0 bridgehead atoms. The summed E-state index contributed by atoms with van der Waals surface area (Å²) >= 11 is 0. The van der Waals surface area contributed by atoms with Crippen LogP contribution in [0.15, 0.2) is 4.52 Å². The first-order valence-electron chi connectivity index (χ1n) is 8.11. The molecule has 1 aliphatic heterocycles. The van der Waals surface area contributed by atoms with Gasteiger partial charge in [-0.3, -0.25) is 0 Å². The van der Waals surface area contributed by atoms with Crippen molar-refractivity contribution in [3.63, 3.8) is 0 Å². The molecule has 1 aromatic heterocycles. The van der Waals surface area contributed by atoms with Crippen molar-refractivity contribution in [3.8, 4) is 0 Å². The first-order chi connectivity index (χ1) is 10.2. The normalized spacial score (nSPS) is 24.0. The molecular formula is C15H24N4O2. The van der Waals surface area contributed by atoms with Gasteiger partial charge in [-0.15, -0.1) is 0 Å². The number of aromatic nitrogens is 2. The number of rotatable bonds is 2. The largest absolute Gasteiger partial charge is 0.337 e. The summed E-state index contributed by atoms with van der Waals surface area (Å²) in [6.45, 7) is 2.58. The van der Waals surface area contributed by atoms with Crippen LogP contribution in [0.2, 0.25) is 0 Å². The zero-order valence-corrected chi connectivity index (χ0v) is 12.7. The zero-order valence-electron chi connectivity index (χ0n) is 12.7. The van der Waals surface area contributed by atoms with Gasteiger partial charge in [-0.05, 0) is 39.0 Å². The van der Waals surface area contributed by atoms with E-state index in [0.717, 1.165) is 38.6 Å². The first-order valence-corrected chi connectivity index (χ1v) is 8.11. The number of nitrogens with one attached hydrogen (secondary N) is 1. The summed E-state index contributed by atoms with van der Waals surface area (Å²) in [5.74, 6) is 1.20. The quantitative estimate of drug-likeness (QED) is 0.909. The summed E-state index contributed by atoms with van der Waals surface area (Å²) in [5.41, 5.74) is 0. The zero-order chi connectivity index (χ0) is 14.7. The lowest BCUT2D eigenvalue weighted by atomic mass is 9.95. The van der Waals surface area contributed by atoms with Crippen LogP contribution in [-0.2, 0) is 0 Å². The van der Waals surface area contributed by atoms with Crippen molar-refractivity contribution >= 4 is 6.03 Å². The number of hydrogen-bond acceptors (Lipinski definition) is 4. The van der Waals surface area contributed by atoms with Gasteiger partial charge in [0.05, 0.1) is 0 Å². The van der Waals surface area contributed by atoms with Gasteiger partial charge in [0.2, 0.25) is 5.89 Å². The fourth-order valence-electron chi connectivity index (χ4n) is 3.38. The van der Waals surface area contributed by atoms with Crippen LogP contribution >= 0.6 is 0 Å². The topological polar surface area (TPSA) is 71.3 Å². The van der Waals surface area contributed by atoms with Crippen molar-refractivity contribution in [2.24, 2.45) is 0 Å². The van der Waals surface area contributed by atoms with Gasteiger partial charge in [-0.2, -0.15) is 4.98 Å². The Hall–Kier alpha value is -1.59. The smallest absolute Gasteiger partial charge is 0.318 e. The van der Waals surface area contributed by atoms with Crippen molar-refractivity contribution in [1.82, 2.24) is 20.4 Å². The second-order valence-corrected chi connectivity index (χ2v) is 6.17. The highest BCUT2D eigenvalue weighted by Gasteiger charge is 2.32. The van der Waals surface area contributed by atoms with Crippen molar-refractivity contribution in [2.45, 2.75) is 70.4 Å². The van der Waals surface area contributed by atoms with Gasteiger partial charge in [-0.25, -0.2) is 4.79 Å². The molecule has 0 radical (unpaired) electrons. The second-order valence-electron chi connectivity index (χ2n) is 6.17. The van der Waals surface area contributed by atoms with Crippen molar-refractivity contribution in [3.05, 3.63) is 11.7 Å². The average Bonchev–Trinajstić information content (AvgIpc) is 2.95. The third kappa shape index (κ3) is 3.36. The van der Waals surface area contributed by atoms with E-state index in [1.54, 1.807) is 0 Å². The molecule has 1 aromatic rings. The predicted octanol–water partition coefficient (Wildman–Crippen LogP) is 2.95. The van der Waals surface area contributed by atoms with Crippen molar-refractivity contribution in [2.75, 3.05) is 6.54 Å². The van der Waals surface area contributed by atoms with E-state index in [0.29, 0.717) is 17.8 Å². The number of amides is 2. The minimum Gasteiger partial charge on any atom is -0.337 e. The lowest BCUT2D eigenvalue weighted by molar-refractivity contribution is 0.127. The summed E-state index contributed by atoms with van der Waals surface area (Å²) in [5, 5.41) is 7.05. The van der Waals surface area contributed by atoms with E-state index < -0.39 is 0 Å². The highest BCUT2D eigenvalue weighted by Crippen LogP contribution is 2.30. The Morgan fingerprint density at radius 3 is 2.67 bits per heavy atom. The lowest BCUT2D eigenvalue weighted by Crippen LogP contribution is -2.48. The number of nitrogens with zero attached hydrogens (tertiary/aromatic N) is 3. The van der Waals surface area contributed by atoms with Gasteiger partial charge < -0.3 is 14.7 Å². The van der Waals surface area contributed by atoms with Gasteiger partial charge in [0.25, 0.3) is 0 Å². The van der Waals surface area contributed by atoms with Crippen molar-refractivity contribution < 1.29 is 9.32 Å². The molecular weight excluding hydrogens is 268 g/mol. The van der Waals surface area contributed by atoms with Crippen molar-refractivity contribution in [1.29, 1.82) is 0 Å². The third-order valence-electron chi connectivity index (χ3n) is 4.52. The molecule has 1 saturated heterocycles. The Balaban J connectivity index is 1.66. The molecule has 0 aromatic carbocycles. The maximum atomic E-state index is 12.6. The van der Waals surface area contributed by atoms with E-state index in [9.17, 15) is 4.79 Å². The molecule has 0 spiro atoms. The average molecular weight is 292 g/mol. The molecule has 116 valence electrons. The van der Waals surface area contributed by atoms with Crippen LogP contribution in [0.3, 0.4) is 0 Å². The molecule has 2 heterocycles. The van der Waals surface area contributed by atoms with E-state index in [1.165, 1.54) is 19.3 Å². The first kappa shape index (κ1) is 14.4. The molecule has 2 fully saturated rings. The fraction of sp³-hybridized carbons (Fsp3) is 0.800. The summed E-state index contributed by atoms with van der Waals surface area (Å²) in [6.07, 6.45) is 8.98. The highest BCUT2D eigenvalue weighted by molar-refractivity contribution is 5.75. The molecule has 1 N–H and O–H groups in total. The SMILES string of the molecule is Cc1noc([C@@H]2CCCCN2C(=O)NC2CCCCC2)n1. The highest BCUT2D eigenvalue weighted by atomic mass is 16.5. The summed E-state index contributed by atoms with van der Waals surface area (Å²) in [4.78, 5) is 18.8. The molecule has 1 atom stereocenters. The molecule has 1 aliphatic carbocycles. The van der Waals surface area contributed by atoms with E-state index >= 15 is 0 Å². The summed E-state index contributed by atoms with van der Waals surface area (Å²) in [6, 6.07) is 0.296. The number of urea groups is 1.